The second-order valence-electron chi connectivity index (χ2n) is 2.61. The second-order valence-corrected chi connectivity index (χ2v) is 3.36. The predicted octanol–water partition coefficient (Wildman–Crippen LogP) is 2.73. The maximum atomic E-state index is 11.2. The lowest BCUT2D eigenvalue weighted by molar-refractivity contribution is -0.130. The van der Waals surface area contributed by atoms with E-state index in [1.807, 2.05) is 0 Å². The topological polar surface area (TPSA) is 26.3 Å². The molecule has 1 rings (SSSR count). The van der Waals surface area contributed by atoms with Crippen molar-refractivity contribution in [2.45, 2.75) is 0 Å². The fourth-order valence-electron chi connectivity index (χ4n) is 0.746. The van der Waals surface area contributed by atoms with Gasteiger partial charge in [-0.15, -0.1) is 0 Å². The Labute approximate surface area is 92.9 Å². The molecule has 0 aliphatic rings. The highest BCUT2D eigenvalue weighted by Crippen LogP contribution is 2.16. The van der Waals surface area contributed by atoms with E-state index in [0.29, 0.717) is 16.3 Å². The van der Waals surface area contributed by atoms with Gasteiger partial charge in [-0.3, -0.25) is 0 Å². The van der Waals surface area contributed by atoms with Gasteiger partial charge in [0, 0.05) is 16.3 Å². The number of carbonyl (C=O) groups excluding carboxylic acids is 1. The van der Waals surface area contributed by atoms with Crippen LogP contribution in [0.5, 0.6) is 5.75 Å². The Morgan fingerprint density at radius 2 is 2.00 bits per heavy atom. The number of rotatable bonds is 3. The van der Waals surface area contributed by atoms with Crippen molar-refractivity contribution in [1.82, 2.24) is 0 Å². The number of esters is 1. The average Bonchev–Trinajstić information content (AvgIpc) is 2.20. The first-order chi connectivity index (χ1) is 6.63. The Hall–Kier alpha value is -0.930. The summed E-state index contributed by atoms with van der Waals surface area (Å²) in [5.74, 6) is 0.261. The zero-order chi connectivity index (χ0) is 10.6. The van der Waals surface area contributed by atoms with Crippen molar-refractivity contribution >= 4 is 30.2 Å². The van der Waals surface area contributed by atoms with E-state index in [9.17, 15) is 4.79 Å². The van der Waals surface area contributed by atoms with Crippen molar-refractivity contribution < 1.29 is 9.53 Å². The highest BCUT2D eigenvalue weighted by molar-refractivity contribution is 7.80. The van der Waals surface area contributed by atoms with E-state index in [2.05, 4.69) is 19.2 Å². The fraction of sp³-hybridized carbons (Fsp3) is 0.100. The maximum Gasteiger partial charge on any atom is 0.339 e. The number of hydrogen-bond acceptors (Lipinski definition) is 3. The van der Waals surface area contributed by atoms with Gasteiger partial charge >= 0.3 is 5.97 Å². The summed E-state index contributed by atoms with van der Waals surface area (Å²) in [6, 6.07) is 6.53. The van der Waals surface area contributed by atoms with E-state index in [0.717, 1.165) is 0 Å². The van der Waals surface area contributed by atoms with Crippen LogP contribution in [0.2, 0.25) is 5.02 Å². The van der Waals surface area contributed by atoms with Crippen LogP contribution in [0.3, 0.4) is 0 Å². The lowest BCUT2D eigenvalue weighted by Crippen LogP contribution is -2.11. The summed E-state index contributed by atoms with van der Waals surface area (Å²) in [7, 11) is 0. The Morgan fingerprint density at radius 3 is 2.50 bits per heavy atom. The zero-order valence-electron chi connectivity index (χ0n) is 7.37. The number of carbonyl (C=O) groups is 1. The molecule has 0 saturated heterocycles. The van der Waals surface area contributed by atoms with E-state index < -0.39 is 5.97 Å². The molecule has 0 N–H and O–H groups in total. The van der Waals surface area contributed by atoms with Gasteiger partial charge in [-0.25, -0.2) is 4.79 Å². The van der Waals surface area contributed by atoms with Crippen molar-refractivity contribution in [3.05, 3.63) is 41.4 Å². The van der Waals surface area contributed by atoms with Crippen LogP contribution in [0.25, 0.3) is 0 Å². The molecule has 0 radical (unpaired) electrons. The van der Waals surface area contributed by atoms with Gasteiger partial charge in [-0.1, -0.05) is 18.2 Å². The molecule has 1 aromatic carbocycles. The van der Waals surface area contributed by atoms with Crippen LogP contribution in [-0.2, 0) is 4.79 Å². The second kappa shape index (κ2) is 5.08. The van der Waals surface area contributed by atoms with E-state index in [1.54, 1.807) is 24.3 Å². The van der Waals surface area contributed by atoms with Crippen molar-refractivity contribution in [3.8, 4) is 5.75 Å². The lowest BCUT2D eigenvalue weighted by Gasteiger charge is -2.04. The molecule has 0 saturated carbocycles. The van der Waals surface area contributed by atoms with Gasteiger partial charge in [-0.05, 0) is 24.3 Å². The highest BCUT2D eigenvalue weighted by Gasteiger charge is 2.07. The van der Waals surface area contributed by atoms with Crippen LogP contribution in [0.15, 0.2) is 36.4 Å². The molecule has 0 atom stereocenters. The third-order valence-electron chi connectivity index (χ3n) is 1.50. The summed E-state index contributed by atoms with van der Waals surface area (Å²) >= 11 is 9.58. The molecule has 0 aliphatic heterocycles. The summed E-state index contributed by atoms with van der Waals surface area (Å²) < 4.78 is 4.98. The smallest absolute Gasteiger partial charge is 0.339 e. The summed E-state index contributed by atoms with van der Waals surface area (Å²) in [6.45, 7) is 3.51. The molecule has 0 spiro atoms. The first kappa shape index (κ1) is 11.1. The van der Waals surface area contributed by atoms with Crippen molar-refractivity contribution in [2.24, 2.45) is 0 Å². The number of ether oxygens (including phenoxy) is 1. The van der Waals surface area contributed by atoms with Crippen molar-refractivity contribution in [2.75, 3.05) is 5.75 Å². The third kappa shape index (κ3) is 3.09. The Balaban J connectivity index is 2.65. The van der Waals surface area contributed by atoms with Crippen molar-refractivity contribution in [1.29, 1.82) is 0 Å². The number of hydrogen-bond donors (Lipinski definition) is 1. The molecular formula is C10H9ClO2S. The van der Waals surface area contributed by atoms with Crippen LogP contribution in [0.4, 0.5) is 0 Å². The maximum absolute atomic E-state index is 11.2. The highest BCUT2D eigenvalue weighted by atomic mass is 35.5. The molecule has 0 aliphatic carbocycles. The van der Waals surface area contributed by atoms with E-state index in [-0.39, 0.29) is 5.75 Å². The van der Waals surface area contributed by atoms with Crippen LogP contribution in [0.1, 0.15) is 0 Å². The molecule has 14 heavy (non-hydrogen) atoms. The molecule has 0 fully saturated rings. The Morgan fingerprint density at radius 1 is 1.43 bits per heavy atom. The molecule has 2 nitrogen and oxygen atoms in total. The lowest BCUT2D eigenvalue weighted by atomic mass is 10.3. The molecule has 1 aromatic rings. The summed E-state index contributed by atoms with van der Waals surface area (Å²) in [5.41, 5.74) is 0.322. The summed E-state index contributed by atoms with van der Waals surface area (Å²) in [5, 5.41) is 0.595. The Kier molecular flexibility index (Phi) is 4.04. The van der Waals surface area contributed by atoms with Gasteiger partial charge in [0.05, 0.1) is 0 Å². The zero-order valence-corrected chi connectivity index (χ0v) is 9.02. The molecule has 0 bridgehead atoms. The summed E-state index contributed by atoms with van der Waals surface area (Å²) in [6.07, 6.45) is 0. The minimum Gasteiger partial charge on any atom is -0.423 e. The van der Waals surface area contributed by atoms with E-state index >= 15 is 0 Å². The average molecular weight is 229 g/mol. The fourth-order valence-corrected chi connectivity index (χ4v) is 1.00. The first-order valence-electron chi connectivity index (χ1n) is 3.90. The van der Waals surface area contributed by atoms with Crippen LogP contribution < -0.4 is 4.74 Å². The number of benzene rings is 1. The SMILES string of the molecule is C=C(CS)C(=O)Oc1ccc(Cl)cc1. The quantitative estimate of drug-likeness (QED) is 0.373. The van der Waals surface area contributed by atoms with Gasteiger partial charge in [0.15, 0.2) is 0 Å². The van der Waals surface area contributed by atoms with Gasteiger partial charge in [0.25, 0.3) is 0 Å². The van der Waals surface area contributed by atoms with E-state index in [1.165, 1.54) is 0 Å². The van der Waals surface area contributed by atoms with Crippen LogP contribution >= 0.6 is 24.2 Å². The minimum atomic E-state index is -0.470. The largest absolute Gasteiger partial charge is 0.423 e. The third-order valence-corrected chi connectivity index (χ3v) is 2.14. The van der Waals surface area contributed by atoms with Gasteiger partial charge in [0.1, 0.15) is 5.75 Å². The van der Waals surface area contributed by atoms with Crippen molar-refractivity contribution in [3.63, 3.8) is 0 Å². The first-order valence-corrected chi connectivity index (χ1v) is 4.91. The summed E-state index contributed by atoms with van der Waals surface area (Å²) in [4.78, 5) is 11.2. The molecule has 0 heterocycles. The monoisotopic (exact) mass is 228 g/mol. The molecule has 0 amide bonds. The van der Waals surface area contributed by atoms with Gasteiger partial charge in [-0.2, -0.15) is 12.6 Å². The van der Waals surface area contributed by atoms with Crippen LogP contribution in [0, 0.1) is 0 Å². The normalized spacial score (nSPS) is 9.57. The van der Waals surface area contributed by atoms with Gasteiger partial charge in [0.2, 0.25) is 0 Å². The van der Waals surface area contributed by atoms with Gasteiger partial charge < -0.3 is 4.74 Å². The minimum absolute atomic E-state index is 0.284. The predicted molar refractivity (Wildman–Crippen MR) is 60.1 cm³/mol. The Bertz CT molecular complexity index is 346. The molecule has 4 heteroatoms. The number of halogens is 1. The molecule has 0 aromatic heterocycles. The molecule has 74 valence electrons. The standard InChI is InChI=1S/C10H9ClO2S/c1-7(6-14)10(12)13-9-4-2-8(11)3-5-9/h2-5,14H,1,6H2. The number of thiol groups is 1. The molecular weight excluding hydrogens is 220 g/mol. The van der Waals surface area contributed by atoms with Crippen LogP contribution in [-0.4, -0.2) is 11.7 Å². The molecule has 0 unspecified atom stereocenters. The van der Waals surface area contributed by atoms with E-state index in [4.69, 9.17) is 16.3 Å².